The maximum Gasteiger partial charge on any atom is 0.249 e. The van der Waals surface area contributed by atoms with Crippen molar-refractivity contribution in [3.8, 4) is 11.4 Å². The van der Waals surface area contributed by atoms with Gasteiger partial charge in [-0.25, -0.2) is 18.4 Å². The highest BCUT2D eigenvalue weighted by molar-refractivity contribution is 6.31. The van der Waals surface area contributed by atoms with Gasteiger partial charge in [-0.3, -0.25) is 4.79 Å². The first kappa shape index (κ1) is 25.5. The Labute approximate surface area is 210 Å². The quantitative estimate of drug-likeness (QED) is 0.329. The third kappa shape index (κ3) is 5.30. The van der Waals surface area contributed by atoms with Gasteiger partial charge in [-0.1, -0.05) is 23.7 Å². The average Bonchev–Trinajstić information content (AvgIpc) is 3.27. The summed E-state index contributed by atoms with van der Waals surface area (Å²) in [6, 6.07) is 8.21. The molecule has 0 radical (unpaired) electrons. The number of ether oxygens (including phenoxy) is 1. The summed E-state index contributed by atoms with van der Waals surface area (Å²) in [5, 5.41) is 26.6. The van der Waals surface area contributed by atoms with Crippen molar-refractivity contribution in [1.29, 1.82) is 0 Å². The lowest BCUT2D eigenvalue weighted by atomic mass is 10.00. The zero-order chi connectivity index (χ0) is 26.0. The number of carbonyl (C=O) groups is 1. The number of hydrogen-bond donors (Lipinski definition) is 3. The van der Waals surface area contributed by atoms with Gasteiger partial charge in [0.1, 0.15) is 29.8 Å². The number of aliphatic hydroxyl groups excluding tert-OH is 2. The monoisotopic (exact) mass is 516 g/mol. The van der Waals surface area contributed by atoms with Gasteiger partial charge in [0.2, 0.25) is 5.91 Å². The fraction of sp³-hybridized carbons (Fsp3) is 0.240. The van der Waals surface area contributed by atoms with E-state index in [1.165, 1.54) is 17.8 Å². The molecule has 2 heterocycles. The standard InChI is InChI=1S/C25H23ClF2N4O4/c1-13-6-22(32-10-16(28)9-29-32)17-4-3-5-23(24(17)30-13)36-12-19-18(7-15(27)8-20(19)26)21(11-33)31-25(35)14(2)34/h3-10,14,21,33-34H,11-12H2,1-2H3,(H,31,35)/t14-,21+/m1/s1. The molecule has 4 rings (SSSR count). The minimum atomic E-state index is -1.33. The van der Waals surface area contributed by atoms with Crippen LogP contribution in [0.15, 0.2) is 48.8 Å². The van der Waals surface area contributed by atoms with Gasteiger partial charge in [-0.05, 0) is 43.7 Å². The Morgan fingerprint density at radius 3 is 2.69 bits per heavy atom. The van der Waals surface area contributed by atoms with Crippen molar-refractivity contribution < 1.29 is 28.5 Å². The first-order valence-corrected chi connectivity index (χ1v) is 11.4. The van der Waals surface area contributed by atoms with Crippen LogP contribution in [0.2, 0.25) is 5.02 Å². The Bertz CT molecular complexity index is 1430. The third-order valence-electron chi connectivity index (χ3n) is 5.53. The van der Waals surface area contributed by atoms with Crippen molar-refractivity contribution in [3.05, 3.63) is 82.3 Å². The predicted octanol–water partition coefficient (Wildman–Crippen LogP) is 3.77. The molecule has 1 amide bonds. The molecule has 36 heavy (non-hydrogen) atoms. The number of rotatable bonds is 8. The van der Waals surface area contributed by atoms with Crippen molar-refractivity contribution in [3.63, 3.8) is 0 Å². The Balaban J connectivity index is 1.72. The predicted molar refractivity (Wildman–Crippen MR) is 129 cm³/mol. The van der Waals surface area contributed by atoms with E-state index in [0.29, 0.717) is 33.6 Å². The number of amides is 1. The summed E-state index contributed by atoms with van der Waals surface area (Å²) in [7, 11) is 0. The van der Waals surface area contributed by atoms with Gasteiger partial charge in [0.05, 0.1) is 35.8 Å². The van der Waals surface area contributed by atoms with Crippen LogP contribution in [0.25, 0.3) is 16.6 Å². The van der Waals surface area contributed by atoms with Crippen LogP contribution in [-0.2, 0) is 11.4 Å². The molecule has 2 aromatic carbocycles. The number of fused-ring (bicyclic) bond motifs is 1. The smallest absolute Gasteiger partial charge is 0.249 e. The van der Waals surface area contributed by atoms with Gasteiger partial charge in [0, 0.05) is 16.6 Å². The van der Waals surface area contributed by atoms with Crippen molar-refractivity contribution in [2.75, 3.05) is 6.61 Å². The Kier molecular flexibility index (Phi) is 7.48. The molecule has 0 aliphatic heterocycles. The molecule has 0 saturated carbocycles. The van der Waals surface area contributed by atoms with Crippen LogP contribution in [0.5, 0.6) is 5.75 Å². The van der Waals surface area contributed by atoms with Crippen molar-refractivity contribution >= 4 is 28.4 Å². The summed E-state index contributed by atoms with van der Waals surface area (Å²) in [5.41, 5.74) is 2.28. The molecule has 0 saturated heterocycles. The number of hydrogen-bond acceptors (Lipinski definition) is 6. The lowest BCUT2D eigenvalue weighted by Crippen LogP contribution is -2.37. The number of carbonyl (C=O) groups excluding carboxylic acids is 1. The molecule has 0 aliphatic carbocycles. The number of para-hydroxylation sites is 1. The molecule has 0 unspecified atom stereocenters. The number of halogens is 3. The summed E-state index contributed by atoms with van der Waals surface area (Å²) < 4.78 is 35.3. The number of nitrogens with zero attached hydrogens (tertiary/aromatic N) is 3. The largest absolute Gasteiger partial charge is 0.487 e. The number of benzene rings is 2. The van der Waals surface area contributed by atoms with E-state index in [1.807, 2.05) is 0 Å². The molecular weight excluding hydrogens is 494 g/mol. The van der Waals surface area contributed by atoms with E-state index in [4.69, 9.17) is 16.3 Å². The van der Waals surface area contributed by atoms with Gasteiger partial charge in [-0.2, -0.15) is 5.10 Å². The minimum absolute atomic E-state index is 0.0341. The number of aliphatic hydroxyl groups is 2. The van der Waals surface area contributed by atoms with Gasteiger partial charge in [0.15, 0.2) is 5.82 Å². The Morgan fingerprint density at radius 2 is 2.03 bits per heavy atom. The second kappa shape index (κ2) is 10.6. The summed E-state index contributed by atoms with van der Waals surface area (Å²) in [6.45, 7) is 2.35. The highest BCUT2D eigenvalue weighted by Crippen LogP contribution is 2.32. The van der Waals surface area contributed by atoms with Crippen LogP contribution < -0.4 is 10.1 Å². The summed E-state index contributed by atoms with van der Waals surface area (Å²) in [6.07, 6.45) is 1.03. The van der Waals surface area contributed by atoms with E-state index in [-0.39, 0.29) is 17.2 Å². The van der Waals surface area contributed by atoms with Crippen molar-refractivity contribution in [2.24, 2.45) is 0 Å². The molecule has 0 aliphatic rings. The van der Waals surface area contributed by atoms with Gasteiger partial charge in [0.25, 0.3) is 0 Å². The van der Waals surface area contributed by atoms with Crippen LogP contribution in [0, 0.1) is 18.6 Å². The van der Waals surface area contributed by atoms with E-state index < -0.39 is 36.3 Å². The molecule has 0 fully saturated rings. The van der Waals surface area contributed by atoms with Crippen LogP contribution in [0.4, 0.5) is 8.78 Å². The molecule has 3 N–H and O–H groups in total. The second-order valence-electron chi connectivity index (χ2n) is 8.20. The van der Waals surface area contributed by atoms with Gasteiger partial charge < -0.3 is 20.3 Å². The van der Waals surface area contributed by atoms with Crippen LogP contribution >= 0.6 is 11.6 Å². The topological polar surface area (TPSA) is 110 Å². The van der Waals surface area contributed by atoms with Gasteiger partial charge >= 0.3 is 0 Å². The lowest BCUT2D eigenvalue weighted by molar-refractivity contribution is -0.129. The van der Waals surface area contributed by atoms with E-state index in [2.05, 4.69) is 15.4 Å². The number of pyridine rings is 1. The van der Waals surface area contributed by atoms with E-state index in [1.54, 1.807) is 31.2 Å². The van der Waals surface area contributed by atoms with E-state index in [9.17, 15) is 23.8 Å². The maximum atomic E-state index is 14.2. The highest BCUT2D eigenvalue weighted by Gasteiger charge is 2.23. The second-order valence-corrected chi connectivity index (χ2v) is 8.61. The van der Waals surface area contributed by atoms with Crippen molar-refractivity contribution in [2.45, 2.75) is 32.6 Å². The van der Waals surface area contributed by atoms with E-state index >= 15 is 0 Å². The van der Waals surface area contributed by atoms with Crippen LogP contribution in [-0.4, -0.2) is 43.6 Å². The number of nitrogens with one attached hydrogen (secondary N) is 1. The van der Waals surface area contributed by atoms with Crippen LogP contribution in [0.3, 0.4) is 0 Å². The summed E-state index contributed by atoms with van der Waals surface area (Å²) >= 11 is 6.33. The molecular formula is C25H23ClF2N4O4. The molecule has 8 nitrogen and oxygen atoms in total. The Morgan fingerprint density at radius 1 is 1.25 bits per heavy atom. The zero-order valence-electron chi connectivity index (χ0n) is 19.4. The number of aromatic nitrogens is 3. The first-order valence-electron chi connectivity index (χ1n) is 11.0. The molecule has 2 atom stereocenters. The van der Waals surface area contributed by atoms with Crippen molar-refractivity contribution in [1.82, 2.24) is 20.1 Å². The first-order chi connectivity index (χ1) is 17.2. The summed E-state index contributed by atoms with van der Waals surface area (Å²) in [5.74, 6) is -1.51. The summed E-state index contributed by atoms with van der Waals surface area (Å²) in [4.78, 5) is 16.6. The third-order valence-corrected chi connectivity index (χ3v) is 5.86. The fourth-order valence-corrected chi connectivity index (χ4v) is 4.09. The molecule has 0 spiro atoms. The number of aryl methyl sites for hydroxylation is 1. The zero-order valence-corrected chi connectivity index (χ0v) is 20.1. The fourth-order valence-electron chi connectivity index (χ4n) is 3.82. The van der Waals surface area contributed by atoms with Gasteiger partial charge in [-0.15, -0.1) is 0 Å². The molecule has 0 bridgehead atoms. The average molecular weight is 517 g/mol. The molecule has 4 aromatic rings. The molecule has 11 heteroatoms. The van der Waals surface area contributed by atoms with E-state index in [0.717, 1.165) is 18.3 Å². The highest BCUT2D eigenvalue weighted by atomic mass is 35.5. The normalized spacial score (nSPS) is 13.0. The molecule has 188 valence electrons. The van der Waals surface area contributed by atoms with Crippen LogP contribution in [0.1, 0.15) is 29.8 Å². The lowest BCUT2D eigenvalue weighted by Gasteiger charge is -2.22. The minimum Gasteiger partial charge on any atom is -0.487 e. The SMILES string of the molecule is Cc1cc(-n2cc(F)cn2)c2cccc(OCc3c(Cl)cc(F)cc3[C@H](CO)NC(=O)[C@@H](C)O)c2n1. The maximum absolute atomic E-state index is 14.2. The molecule has 2 aromatic heterocycles. The Hall–Kier alpha value is -3.60.